The molecule has 6 rings (SSSR count). The molecule has 0 radical (unpaired) electrons. The average Bonchev–Trinajstić information content (AvgIpc) is 3.51. The molecule has 0 atom stereocenters. The number of morpholine rings is 1. The molecular weight excluding hydrogens is 446 g/mol. The lowest BCUT2D eigenvalue weighted by molar-refractivity contribution is 0.0331. The van der Waals surface area contributed by atoms with Crippen molar-refractivity contribution in [3.63, 3.8) is 0 Å². The number of benzene rings is 1. The van der Waals surface area contributed by atoms with Crippen LogP contribution >= 0.6 is 11.3 Å². The lowest BCUT2D eigenvalue weighted by Gasteiger charge is -2.28. The highest BCUT2D eigenvalue weighted by molar-refractivity contribution is 7.19. The van der Waals surface area contributed by atoms with Gasteiger partial charge < -0.3 is 15.0 Å². The molecule has 1 saturated heterocycles. The van der Waals surface area contributed by atoms with Gasteiger partial charge in [-0.1, -0.05) is 12.1 Å². The molecule has 0 bridgehead atoms. The monoisotopic (exact) mass is 477 g/mol. The second-order valence-electron chi connectivity index (χ2n) is 9.52. The van der Waals surface area contributed by atoms with Crippen molar-refractivity contribution in [3.8, 4) is 0 Å². The van der Waals surface area contributed by atoms with E-state index >= 15 is 0 Å². The van der Waals surface area contributed by atoms with Gasteiger partial charge in [0.15, 0.2) is 0 Å². The zero-order valence-corrected chi connectivity index (χ0v) is 20.5. The Balaban J connectivity index is 1.37. The van der Waals surface area contributed by atoms with Crippen LogP contribution in [0.15, 0.2) is 24.3 Å². The number of nitrogens with one attached hydrogen (secondary N) is 1. The fourth-order valence-electron chi connectivity index (χ4n) is 5.12. The van der Waals surface area contributed by atoms with E-state index in [-0.39, 0.29) is 5.91 Å². The SMILES string of the molecule is CNC(=O)c1ccc(CN(c2nc(CN3CCOCC3)nc3sc4c(c23)CCC4)C2CC2)cc1. The van der Waals surface area contributed by atoms with Crippen LogP contribution < -0.4 is 10.2 Å². The molecular formula is C26H31N5O2S. The fourth-order valence-corrected chi connectivity index (χ4v) is 6.40. The van der Waals surface area contributed by atoms with Gasteiger partial charge in [0.05, 0.1) is 25.1 Å². The number of hydrogen-bond donors (Lipinski definition) is 1. The molecule has 2 aromatic heterocycles. The molecule has 3 aliphatic rings. The Morgan fingerprint density at radius 3 is 2.71 bits per heavy atom. The fraction of sp³-hybridized carbons (Fsp3) is 0.500. The topological polar surface area (TPSA) is 70.6 Å². The van der Waals surface area contributed by atoms with Crippen molar-refractivity contribution in [2.24, 2.45) is 0 Å². The van der Waals surface area contributed by atoms with E-state index in [0.29, 0.717) is 11.6 Å². The number of amides is 1. The summed E-state index contributed by atoms with van der Waals surface area (Å²) < 4.78 is 5.53. The van der Waals surface area contributed by atoms with E-state index < -0.39 is 0 Å². The van der Waals surface area contributed by atoms with Gasteiger partial charge in [-0.3, -0.25) is 9.69 Å². The lowest BCUT2D eigenvalue weighted by Crippen LogP contribution is -2.36. The predicted molar refractivity (Wildman–Crippen MR) is 135 cm³/mol. The minimum absolute atomic E-state index is 0.0512. The third kappa shape index (κ3) is 4.30. The Kier molecular flexibility index (Phi) is 5.97. The molecule has 1 saturated carbocycles. The van der Waals surface area contributed by atoms with Crippen LogP contribution in [0.1, 0.15) is 51.4 Å². The first-order chi connectivity index (χ1) is 16.7. The Hall–Kier alpha value is -2.55. The number of carbonyl (C=O) groups is 1. The highest BCUT2D eigenvalue weighted by Crippen LogP contribution is 2.43. The number of ether oxygens (including phenoxy) is 1. The summed E-state index contributed by atoms with van der Waals surface area (Å²) in [6.45, 7) is 5.00. The van der Waals surface area contributed by atoms with Gasteiger partial charge in [-0.05, 0) is 55.4 Å². The van der Waals surface area contributed by atoms with Crippen molar-refractivity contribution in [1.29, 1.82) is 0 Å². The molecule has 1 aromatic carbocycles. The number of anilines is 1. The summed E-state index contributed by atoms with van der Waals surface area (Å²) in [5, 5.41) is 3.99. The van der Waals surface area contributed by atoms with Crippen molar-refractivity contribution in [2.75, 3.05) is 38.3 Å². The zero-order chi connectivity index (χ0) is 23.1. The number of aryl methyl sites for hydroxylation is 2. The first-order valence-electron chi connectivity index (χ1n) is 12.4. The number of carbonyl (C=O) groups excluding carboxylic acids is 1. The van der Waals surface area contributed by atoms with Crippen molar-refractivity contribution in [3.05, 3.63) is 51.7 Å². The van der Waals surface area contributed by atoms with Crippen molar-refractivity contribution < 1.29 is 9.53 Å². The van der Waals surface area contributed by atoms with E-state index in [0.717, 1.165) is 62.3 Å². The quantitative estimate of drug-likeness (QED) is 0.561. The second kappa shape index (κ2) is 9.24. The van der Waals surface area contributed by atoms with Crippen LogP contribution in [0.5, 0.6) is 0 Å². The Bertz CT molecular complexity index is 1200. The number of aromatic nitrogens is 2. The Labute approximate surface area is 204 Å². The molecule has 3 heterocycles. The summed E-state index contributed by atoms with van der Waals surface area (Å²) >= 11 is 1.87. The van der Waals surface area contributed by atoms with Crippen LogP contribution in [0.3, 0.4) is 0 Å². The van der Waals surface area contributed by atoms with Gasteiger partial charge in [0.1, 0.15) is 16.5 Å². The highest BCUT2D eigenvalue weighted by atomic mass is 32.1. The molecule has 3 aromatic rings. The minimum atomic E-state index is -0.0512. The van der Waals surface area contributed by atoms with Gasteiger partial charge in [0, 0.05) is 43.2 Å². The number of hydrogen-bond acceptors (Lipinski definition) is 7. The normalized spacial score (nSPS) is 18.3. The Morgan fingerprint density at radius 1 is 1.18 bits per heavy atom. The molecule has 34 heavy (non-hydrogen) atoms. The van der Waals surface area contributed by atoms with Crippen LogP contribution in [0.25, 0.3) is 10.2 Å². The molecule has 0 unspecified atom stereocenters. The predicted octanol–water partition coefficient (Wildman–Crippen LogP) is 3.54. The molecule has 1 N–H and O–H groups in total. The standard InChI is InChI=1S/C26H31N5O2S/c1-27-25(32)18-7-5-17(6-8-18)15-31(19-9-10-19)24-23-20-3-2-4-21(20)34-26(23)29-22(28-24)16-30-11-13-33-14-12-30/h5-8,19H,2-4,9-16H2,1H3,(H,27,32). The number of fused-ring (bicyclic) bond motifs is 3. The first kappa shape index (κ1) is 21.9. The van der Waals surface area contributed by atoms with Crippen molar-refractivity contribution in [2.45, 2.75) is 51.2 Å². The third-order valence-electron chi connectivity index (χ3n) is 7.12. The smallest absolute Gasteiger partial charge is 0.251 e. The summed E-state index contributed by atoms with van der Waals surface area (Å²) in [7, 11) is 1.67. The van der Waals surface area contributed by atoms with Crippen molar-refractivity contribution >= 4 is 33.3 Å². The third-order valence-corrected chi connectivity index (χ3v) is 8.30. The highest BCUT2D eigenvalue weighted by Gasteiger charge is 2.34. The molecule has 1 amide bonds. The van der Waals surface area contributed by atoms with E-state index in [4.69, 9.17) is 14.7 Å². The minimum Gasteiger partial charge on any atom is -0.379 e. The second-order valence-corrected chi connectivity index (χ2v) is 10.6. The number of thiophene rings is 1. The van der Waals surface area contributed by atoms with Gasteiger partial charge in [0.2, 0.25) is 0 Å². The summed E-state index contributed by atoms with van der Waals surface area (Å²) in [5.74, 6) is 1.99. The molecule has 1 aliphatic heterocycles. The molecule has 8 heteroatoms. The van der Waals surface area contributed by atoms with E-state index in [9.17, 15) is 4.79 Å². The number of rotatable bonds is 7. The van der Waals surface area contributed by atoms with Crippen molar-refractivity contribution in [1.82, 2.24) is 20.2 Å². The number of nitrogens with zero attached hydrogens (tertiary/aromatic N) is 4. The largest absolute Gasteiger partial charge is 0.379 e. The van der Waals surface area contributed by atoms with Gasteiger partial charge in [-0.15, -0.1) is 11.3 Å². The van der Waals surface area contributed by atoms with Gasteiger partial charge in [0.25, 0.3) is 5.91 Å². The Morgan fingerprint density at radius 2 is 1.97 bits per heavy atom. The van der Waals surface area contributed by atoms with Gasteiger partial charge in [-0.25, -0.2) is 9.97 Å². The molecule has 2 aliphatic carbocycles. The zero-order valence-electron chi connectivity index (χ0n) is 19.7. The molecule has 178 valence electrons. The van der Waals surface area contributed by atoms with Crippen LogP contribution in [-0.4, -0.2) is 60.2 Å². The van der Waals surface area contributed by atoms with Gasteiger partial charge in [-0.2, -0.15) is 0 Å². The maximum atomic E-state index is 12.0. The van der Waals surface area contributed by atoms with E-state index in [1.54, 1.807) is 7.05 Å². The van der Waals surface area contributed by atoms with E-state index in [1.165, 1.54) is 47.1 Å². The van der Waals surface area contributed by atoms with Crippen LogP contribution in [-0.2, 0) is 30.7 Å². The summed E-state index contributed by atoms with van der Waals surface area (Å²) in [6, 6.07) is 8.50. The summed E-state index contributed by atoms with van der Waals surface area (Å²) in [6.07, 6.45) is 5.93. The summed E-state index contributed by atoms with van der Waals surface area (Å²) in [5.41, 5.74) is 3.37. The maximum Gasteiger partial charge on any atom is 0.251 e. The van der Waals surface area contributed by atoms with Crippen LogP contribution in [0.4, 0.5) is 5.82 Å². The molecule has 0 spiro atoms. The molecule has 2 fully saturated rings. The summed E-state index contributed by atoms with van der Waals surface area (Å²) in [4.78, 5) is 29.8. The van der Waals surface area contributed by atoms with Crippen LogP contribution in [0.2, 0.25) is 0 Å². The molecule has 7 nitrogen and oxygen atoms in total. The lowest BCUT2D eigenvalue weighted by atomic mass is 10.1. The average molecular weight is 478 g/mol. The van der Waals surface area contributed by atoms with Crippen LogP contribution in [0, 0.1) is 0 Å². The van der Waals surface area contributed by atoms with E-state index in [1.807, 2.05) is 23.5 Å². The first-order valence-corrected chi connectivity index (χ1v) is 13.2. The maximum absolute atomic E-state index is 12.0. The van der Waals surface area contributed by atoms with Gasteiger partial charge >= 0.3 is 0 Å². The van der Waals surface area contributed by atoms with E-state index in [2.05, 4.69) is 27.2 Å².